The molecule has 1 aromatic heterocycles. The Hall–Kier alpha value is -1.68. The van der Waals surface area contributed by atoms with Gasteiger partial charge in [0.1, 0.15) is 4.99 Å². The molecule has 0 bridgehead atoms. The molecule has 2 rings (SSSR count). The smallest absolute Gasteiger partial charge is 0.107 e. The fraction of sp³-hybridized carbons (Fsp3) is 0.286. The van der Waals surface area contributed by atoms with Gasteiger partial charge >= 0.3 is 0 Å². The summed E-state index contributed by atoms with van der Waals surface area (Å²) in [4.78, 5) is 0.368. The van der Waals surface area contributed by atoms with Gasteiger partial charge in [-0.05, 0) is 23.1 Å². The van der Waals surface area contributed by atoms with Gasteiger partial charge in [0, 0.05) is 11.8 Å². The SMILES string of the molecule is CC(C)(C)c1ccc(-n2cc(C(N)=S)cn2)cc1. The third-order valence-electron chi connectivity index (χ3n) is 2.86. The highest BCUT2D eigenvalue weighted by atomic mass is 32.1. The van der Waals surface area contributed by atoms with Gasteiger partial charge in [0.25, 0.3) is 0 Å². The Kier molecular flexibility index (Phi) is 3.22. The van der Waals surface area contributed by atoms with E-state index in [4.69, 9.17) is 18.0 Å². The highest BCUT2D eigenvalue weighted by Gasteiger charge is 2.13. The standard InChI is InChI=1S/C14H17N3S/c1-14(2,3)11-4-6-12(7-5-11)17-9-10(8-16-17)13(15)18/h4-9H,1-3H3,(H2,15,18). The number of rotatable bonds is 2. The van der Waals surface area contributed by atoms with Crippen LogP contribution in [-0.2, 0) is 5.41 Å². The zero-order valence-corrected chi connectivity index (χ0v) is 11.7. The molecule has 0 unspecified atom stereocenters. The van der Waals surface area contributed by atoms with Crippen molar-refractivity contribution in [1.29, 1.82) is 0 Å². The predicted octanol–water partition coefficient (Wildman–Crippen LogP) is 2.80. The van der Waals surface area contributed by atoms with Crippen LogP contribution in [0.3, 0.4) is 0 Å². The summed E-state index contributed by atoms with van der Waals surface area (Å²) in [6.45, 7) is 6.59. The Morgan fingerprint density at radius 2 is 1.83 bits per heavy atom. The lowest BCUT2D eigenvalue weighted by molar-refractivity contribution is 0.590. The number of hydrogen-bond donors (Lipinski definition) is 1. The third-order valence-corrected chi connectivity index (χ3v) is 3.10. The molecule has 2 aromatic rings. The first kappa shape index (κ1) is 12.8. The largest absolute Gasteiger partial charge is 0.389 e. The van der Waals surface area contributed by atoms with Crippen molar-refractivity contribution in [3.63, 3.8) is 0 Å². The van der Waals surface area contributed by atoms with Crippen molar-refractivity contribution in [3.05, 3.63) is 47.8 Å². The van der Waals surface area contributed by atoms with Gasteiger partial charge in [-0.1, -0.05) is 45.1 Å². The average molecular weight is 259 g/mol. The summed E-state index contributed by atoms with van der Waals surface area (Å²) in [7, 11) is 0. The molecule has 0 aliphatic heterocycles. The van der Waals surface area contributed by atoms with Gasteiger partial charge < -0.3 is 5.73 Å². The lowest BCUT2D eigenvalue weighted by Crippen LogP contribution is -2.11. The van der Waals surface area contributed by atoms with E-state index in [0.717, 1.165) is 11.3 Å². The van der Waals surface area contributed by atoms with Crippen molar-refractivity contribution < 1.29 is 0 Å². The van der Waals surface area contributed by atoms with Crippen LogP contribution in [0.2, 0.25) is 0 Å². The molecule has 0 saturated carbocycles. The summed E-state index contributed by atoms with van der Waals surface area (Å²) < 4.78 is 1.78. The molecule has 94 valence electrons. The molecular weight excluding hydrogens is 242 g/mol. The minimum absolute atomic E-state index is 0.159. The Labute approximate surface area is 113 Å². The average Bonchev–Trinajstić information content (AvgIpc) is 2.77. The molecule has 0 fully saturated rings. The summed E-state index contributed by atoms with van der Waals surface area (Å²) >= 11 is 4.92. The van der Waals surface area contributed by atoms with Gasteiger partial charge in [0.2, 0.25) is 0 Å². The highest BCUT2D eigenvalue weighted by Crippen LogP contribution is 2.23. The van der Waals surface area contributed by atoms with Gasteiger partial charge in [-0.3, -0.25) is 0 Å². The van der Waals surface area contributed by atoms with Crippen molar-refractivity contribution in [2.75, 3.05) is 0 Å². The van der Waals surface area contributed by atoms with E-state index in [1.54, 1.807) is 10.9 Å². The second-order valence-corrected chi connectivity index (χ2v) is 5.77. The maximum absolute atomic E-state index is 5.56. The summed E-state index contributed by atoms with van der Waals surface area (Å²) in [6, 6.07) is 8.35. The Bertz CT molecular complexity index is 561. The van der Waals surface area contributed by atoms with Gasteiger partial charge in [0.05, 0.1) is 11.9 Å². The van der Waals surface area contributed by atoms with E-state index in [2.05, 4.69) is 50.1 Å². The van der Waals surface area contributed by atoms with Crippen molar-refractivity contribution in [1.82, 2.24) is 9.78 Å². The van der Waals surface area contributed by atoms with Crippen molar-refractivity contribution in [3.8, 4) is 5.69 Å². The molecule has 0 aliphatic carbocycles. The van der Waals surface area contributed by atoms with Crippen LogP contribution in [-0.4, -0.2) is 14.8 Å². The van der Waals surface area contributed by atoms with Crippen LogP contribution in [0.25, 0.3) is 5.69 Å². The normalized spacial score (nSPS) is 11.5. The number of nitrogens with zero attached hydrogens (tertiary/aromatic N) is 2. The molecule has 1 aromatic carbocycles. The zero-order valence-electron chi connectivity index (χ0n) is 10.8. The van der Waals surface area contributed by atoms with Crippen molar-refractivity contribution in [2.24, 2.45) is 5.73 Å². The van der Waals surface area contributed by atoms with E-state index >= 15 is 0 Å². The van der Waals surface area contributed by atoms with Gasteiger partial charge in [-0.15, -0.1) is 0 Å². The first-order valence-corrected chi connectivity index (χ1v) is 6.24. The lowest BCUT2D eigenvalue weighted by atomic mass is 9.87. The number of aromatic nitrogens is 2. The molecule has 0 aliphatic rings. The molecule has 18 heavy (non-hydrogen) atoms. The fourth-order valence-electron chi connectivity index (χ4n) is 1.71. The number of thiocarbonyl (C=S) groups is 1. The number of benzene rings is 1. The first-order chi connectivity index (χ1) is 8.38. The van der Waals surface area contributed by atoms with Crippen LogP contribution in [0.1, 0.15) is 31.9 Å². The molecule has 0 amide bonds. The number of hydrogen-bond acceptors (Lipinski definition) is 2. The van der Waals surface area contributed by atoms with Crippen LogP contribution >= 0.6 is 12.2 Å². The second kappa shape index (κ2) is 4.53. The van der Waals surface area contributed by atoms with Crippen LogP contribution in [0.5, 0.6) is 0 Å². The molecule has 0 saturated heterocycles. The van der Waals surface area contributed by atoms with E-state index in [0.29, 0.717) is 4.99 Å². The van der Waals surface area contributed by atoms with Gasteiger partial charge in [-0.25, -0.2) is 4.68 Å². The molecule has 4 heteroatoms. The quantitative estimate of drug-likeness (QED) is 0.843. The zero-order chi connectivity index (χ0) is 13.3. The molecular formula is C14H17N3S. The summed E-state index contributed by atoms with van der Waals surface area (Å²) in [6.07, 6.45) is 3.52. The van der Waals surface area contributed by atoms with Crippen LogP contribution in [0.4, 0.5) is 0 Å². The molecule has 0 atom stereocenters. The van der Waals surface area contributed by atoms with Gasteiger partial charge in [0.15, 0.2) is 0 Å². The maximum atomic E-state index is 5.56. The predicted molar refractivity (Wildman–Crippen MR) is 78.2 cm³/mol. The molecule has 0 radical (unpaired) electrons. The Morgan fingerprint density at radius 3 is 2.28 bits per heavy atom. The first-order valence-electron chi connectivity index (χ1n) is 5.83. The molecule has 2 N–H and O–H groups in total. The van der Waals surface area contributed by atoms with Crippen molar-refractivity contribution >= 4 is 17.2 Å². The van der Waals surface area contributed by atoms with E-state index in [1.807, 2.05) is 6.20 Å². The molecule has 0 spiro atoms. The van der Waals surface area contributed by atoms with Crippen LogP contribution in [0, 0.1) is 0 Å². The summed E-state index contributed by atoms with van der Waals surface area (Å²) in [5.41, 5.74) is 8.81. The summed E-state index contributed by atoms with van der Waals surface area (Å²) in [5.74, 6) is 0. The molecule has 3 nitrogen and oxygen atoms in total. The monoisotopic (exact) mass is 259 g/mol. The number of nitrogens with two attached hydrogens (primary N) is 1. The Balaban J connectivity index is 2.31. The van der Waals surface area contributed by atoms with Gasteiger partial charge in [-0.2, -0.15) is 5.10 Å². The third kappa shape index (κ3) is 2.59. The summed E-state index contributed by atoms with van der Waals surface area (Å²) in [5, 5.41) is 4.25. The minimum atomic E-state index is 0.159. The molecule has 1 heterocycles. The maximum Gasteiger partial charge on any atom is 0.107 e. The van der Waals surface area contributed by atoms with E-state index < -0.39 is 0 Å². The Morgan fingerprint density at radius 1 is 1.22 bits per heavy atom. The van der Waals surface area contributed by atoms with Crippen LogP contribution in [0.15, 0.2) is 36.7 Å². The van der Waals surface area contributed by atoms with E-state index in [-0.39, 0.29) is 5.41 Å². The van der Waals surface area contributed by atoms with E-state index in [1.165, 1.54) is 5.56 Å². The van der Waals surface area contributed by atoms with Crippen LogP contribution < -0.4 is 5.73 Å². The van der Waals surface area contributed by atoms with Crippen molar-refractivity contribution in [2.45, 2.75) is 26.2 Å². The van der Waals surface area contributed by atoms with E-state index in [9.17, 15) is 0 Å². The fourth-order valence-corrected chi connectivity index (χ4v) is 1.81. The minimum Gasteiger partial charge on any atom is -0.389 e. The highest BCUT2D eigenvalue weighted by molar-refractivity contribution is 7.80. The second-order valence-electron chi connectivity index (χ2n) is 5.33. The lowest BCUT2D eigenvalue weighted by Gasteiger charge is -2.19. The topological polar surface area (TPSA) is 43.8 Å².